The van der Waals surface area contributed by atoms with Gasteiger partial charge in [-0.3, -0.25) is 4.79 Å². The van der Waals surface area contributed by atoms with Gasteiger partial charge in [0.15, 0.2) is 0 Å². The Morgan fingerprint density at radius 3 is 2.47 bits per heavy atom. The number of carbonyl (C=O) groups is 1. The highest BCUT2D eigenvalue weighted by Gasteiger charge is 2.09. The topological polar surface area (TPSA) is 55.1 Å². The maximum absolute atomic E-state index is 11.6. The second kappa shape index (κ2) is 6.62. The summed E-state index contributed by atoms with van der Waals surface area (Å²) in [5.74, 6) is 0.356. The largest absolute Gasteiger partial charge is 0.354 e. The third-order valence-electron chi connectivity index (χ3n) is 2.67. The summed E-state index contributed by atoms with van der Waals surface area (Å²) in [4.78, 5) is 11.6. The molecule has 17 heavy (non-hydrogen) atoms. The van der Waals surface area contributed by atoms with Crippen molar-refractivity contribution in [1.82, 2.24) is 5.32 Å². The Bertz CT molecular complexity index is 362. The van der Waals surface area contributed by atoms with Crippen molar-refractivity contribution >= 4 is 17.5 Å². The number of carbonyl (C=O) groups excluding carboxylic acids is 1. The molecule has 0 aliphatic carbocycles. The predicted molar refractivity (Wildman–Crippen MR) is 71.0 cm³/mol. The molecule has 0 heterocycles. The number of hydrogen-bond acceptors (Lipinski definition) is 2. The Morgan fingerprint density at radius 1 is 1.35 bits per heavy atom. The molecule has 0 fully saturated rings. The van der Waals surface area contributed by atoms with Gasteiger partial charge < -0.3 is 11.1 Å². The maximum Gasteiger partial charge on any atom is 0.224 e. The fourth-order valence-electron chi connectivity index (χ4n) is 1.32. The zero-order valence-corrected chi connectivity index (χ0v) is 11.0. The molecule has 0 radical (unpaired) electrons. The molecule has 94 valence electrons. The first-order valence-electron chi connectivity index (χ1n) is 5.75. The van der Waals surface area contributed by atoms with Crippen LogP contribution >= 0.6 is 11.6 Å². The van der Waals surface area contributed by atoms with E-state index in [1.54, 1.807) is 12.1 Å². The second-order valence-corrected chi connectivity index (χ2v) is 4.95. The number of hydrogen-bond donors (Lipinski definition) is 2. The molecular formula is C13H19ClN2O. The van der Waals surface area contributed by atoms with Crippen molar-refractivity contribution in [3.8, 4) is 0 Å². The van der Waals surface area contributed by atoms with Crippen molar-refractivity contribution in [1.29, 1.82) is 0 Å². The smallest absolute Gasteiger partial charge is 0.224 e. The van der Waals surface area contributed by atoms with Crippen LogP contribution < -0.4 is 11.1 Å². The van der Waals surface area contributed by atoms with Crippen molar-refractivity contribution in [2.45, 2.75) is 26.3 Å². The van der Waals surface area contributed by atoms with Crippen LogP contribution in [0.3, 0.4) is 0 Å². The number of rotatable bonds is 5. The third kappa shape index (κ3) is 5.20. The average molecular weight is 255 g/mol. The van der Waals surface area contributed by atoms with Gasteiger partial charge in [-0.1, -0.05) is 37.6 Å². The van der Waals surface area contributed by atoms with Gasteiger partial charge in [-0.25, -0.2) is 0 Å². The van der Waals surface area contributed by atoms with Crippen molar-refractivity contribution in [2.75, 3.05) is 6.54 Å². The van der Waals surface area contributed by atoms with Crippen LogP contribution in [-0.4, -0.2) is 18.5 Å². The average Bonchev–Trinajstić information content (AvgIpc) is 2.29. The first-order valence-corrected chi connectivity index (χ1v) is 6.13. The highest BCUT2D eigenvalue weighted by atomic mass is 35.5. The summed E-state index contributed by atoms with van der Waals surface area (Å²) in [6, 6.07) is 7.27. The lowest BCUT2D eigenvalue weighted by molar-refractivity contribution is -0.120. The van der Waals surface area contributed by atoms with Gasteiger partial charge in [-0.15, -0.1) is 0 Å². The van der Waals surface area contributed by atoms with E-state index in [9.17, 15) is 4.79 Å². The van der Waals surface area contributed by atoms with Crippen LogP contribution in [0.25, 0.3) is 0 Å². The lowest BCUT2D eigenvalue weighted by Gasteiger charge is -2.16. The van der Waals surface area contributed by atoms with E-state index in [1.165, 1.54) is 0 Å². The number of nitrogens with one attached hydrogen (secondary N) is 1. The molecule has 0 saturated heterocycles. The highest BCUT2D eigenvalue weighted by Crippen LogP contribution is 2.09. The molecule has 4 heteroatoms. The Labute approximate surface area is 107 Å². The summed E-state index contributed by atoms with van der Waals surface area (Å²) in [6.07, 6.45) is 0.363. The van der Waals surface area contributed by atoms with Gasteiger partial charge in [0.1, 0.15) is 0 Å². The van der Waals surface area contributed by atoms with E-state index in [4.69, 9.17) is 17.3 Å². The molecule has 0 aliphatic heterocycles. The molecule has 1 rings (SSSR count). The summed E-state index contributed by atoms with van der Waals surface area (Å²) in [5, 5.41) is 3.51. The van der Waals surface area contributed by atoms with Gasteiger partial charge in [-0.2, -0.15) is 0 Å². The van der Waals surface area contributed by atoms with E-state index in [0.29, 0.717) is 23.9 Å². The summed E-state index contributed by atoms with van der Waals surface area (Å²) in [6.45, 7) is 4.59. The van der Waals surface area contributed by atoms with Gasteiger partial charge in [-0.05, 0) is 23.6 Å². The molecule has 0 saturated carbocycles. The Balaban J connectivity index is 2.37. The number of nitrogens with two attached hydrogens (primary N) is 1. The lowest BCUT2D eigenvalue weighted by atomic mass is 10.1. The molecule has 0 bridgehead atoms. The normalized spacial score (nSPS) is 12.5. The van der Waals surface area contributed by atoms with Crippen LogP contribution in [0.4, 0.5) is 0 Å². The lowest BCUT2D eigenvalue weighted by Crippen LogP contribution is -2.40. The minimum absolute atomic E-state index is 0.00386. The second-order valence-electron chi connectivity index (χ2n) is 4.52. The van der Waals surface area contributed by atoms with E-state index in [-0.39, 0.29) is 11.9 Å². The van der Waals surface area contributed by atoms with E-state index >= 15 is 0 Å². The minimum atomic E-state index is -0.0107. The monoisotopic (exact) mass is 254 g/mol. The molecule has 1 atom stereocenters. The zero-order valence-electron chi connectivity index (χ0n) is 10.2. The minimum Gasteiger partial charge on any atom is -0.354 e. The fraction of sp³-hybridized carbons (Fsp3) is 0.462. The first-order chi connectivity index (χ1) is 7.99. The molecule has 0 aromatic heterocycles. The Hall–Kier alpha value is -1.06. The molecule has 3 nitrogen and oxygen atoms in total. The summed E-state index contributed by atoms with van der Waals surface area (Å²) in [7, 11) is 0. The zero-order chi connectivity index (χ0) is 12.8. The van der Waals surface area contributed by atoms with Crippen molar-refractivity contribution in [3.63, 3.8) is 0 Å². The fourth-order valence-corrected chi connectivity index (χ4v) is 1.44. The van der Waals surface area contributed by atoms with E-state index in [0.717, 1.165) is 5.56 Å². The molecular weight excluding hydrogens is 236 g/mol. The SMILES string of the molecule is CC(C)C(N)CNC(=O)Cc1ccc(Cl)cc1. The van der Waals surface area contributed by atoms with Crippen LogP contribution in [0.15, 0.2) is 24.3 Å². The Morgan fingerprint density at radius 2 is 1.94 bits per heavy atom. The van der Waals surface area contributed by atoms with Crippen molar-refractivity contribution in [2.24, 2.45) is 11.7 Å². The van der Waals surface area contributed by atoms with Crippen molar-refractivity contribution in [3.05, 3.63) is 34.9 Å². The molecule has 0 spiro atoms. The molecule has 3 N–H and O–H groups in total. The van der Waals surface area contributed by atoms with Gasteiger partial charge in [0, 0.05) is 17.6 Å². The summed E-state index contributed by atoms with van der Waals surface area (Å²) < 4.78 is 0. The predicted octanol–water partition coefficient (Wildman–Crippen LogP) is 1.98. The van der Waals surface area contributed by atoms with E-state index in [2.05, 4.69) is 5.32 Å². The van der Waals surface area contributed by atoms with Crippen LogP contribution in [0.5, 0.6) is 0 Å². The summed E-state index contributed by atoms with van der Waals surface area (Å²) in [5.41, 5.74) is 6.79. The van der Waals surface area contributed by atoms with Gasteiger partial charge in [0.2, 0.25) is 5.91 Å². The molecule has 1 aromatic rings. The molecule has 1 unspecified atom stereocenters. The summed E-state index contributed by atoms with van der Waals surface area (Å²) >= 11 is 5.77. The number of halogens is 1. The number of benzene rings is 1. The van der Waals surface area contributed by atoms with Crippen LogP contribution in [0, 0.1) is 5.92 Å². The van der Waals surface area contributed by atoms with Gasteiger partial charge in [0.05, 0.1) is 6.42 Å². The van der Waals surface area contributed by atoms with Crippen LogP contribution in [-0.2, 0) is 11.2 Å². The quantitative estimate of drug-likeness (QED) is 0.844. The highest BCUT2D eigenvalue weighted by molar-refractivity contribution is 6.30. The standard InChI is InChI=1S/C13H19ClN2O/c1-9(2)12(15)8-16-13(17)7-10-3-5-11(14)6-4-10/h3-6,9,12H,7-8,15H2,1-2H3,(H,16,17). The van der Waals surface area contributed by atoms with E-state index < -0.39 is 0 Å². The first kappa shape index (κ1) is 14.0. The Kier molecular flexibility index (Phi) is 5.45. The third-order valence-corrected chi connectivity index (χ3v) is 2.92. The molecule has 1 aromatic carbocycles. The molecule has 1 amide bonds. The van der Waals surface area contributed by atoms with Crippen LogP contribution in [0.2, 0.25) is 5.02 Å². The van der Waals surface area contributed by atoms with Crippen LogP contribution in [0.1, 0.15) is 19.4 Å². The molecule has 0 aliphatic rings. The van der Waals surface area contributed by atoms with Gasteiger partial charge in [0.25, 0.3) is 0 Å². The maximum atomic E-state index is 11.6. The van der Waals surface area contributed by atoms with E-state index in [1.807, 2.05) is 26.0 Å². The van der Waals surface area contributed by atoms with Gasteiger partial charge >= 0.3 is 0 Å². The van der Waals surface area contributed by atoms with Crippen molar-refractivity contribution < 1.29 is 4.79 Å². The number of amides is 1.